The molecule has 94 valence electrons. The van der Waals surface area contributed by atoms with Crippen LogP contribution in [0.5, 0.6) is 0 Å². The fourth-order valence-corrected chi connectivity index (χ4v) is 1.58. The predicted molar refractivity (Wildman–Crippen MR) is 69.4 cm³/mol. The Balaban J connectivity index is 2.71. The number of benzene rings is 1. The first-order valence-corrected chi connectivity index (χ1v) is 5.94. The molecule has 1 aromatic carbocycles. The second-order valence-electron chi connectivity index (χ2n) is 4.64. The highest BCUT2D eigenvalue weighted by atomic mass is 16.3. The SMILES string of the molecule is Cc1ccc(C(=O)C(C)NCC(C)O)cc1C. The molecule has 1 aromatic rings. The first kappa shape index (κ1) is 13.9. The maximum Gasteiger partial charge on any atom is 0.179 e. The standard InChI is InChI=1S/C14H21NO2/c1-9-5-6-13(7-10(9)2)14(17)12(4)15-8-11(3)16/h5-7,11-12,15-16H,8H2,1-4H3. The van der Waals surface area contributed by atoms with Crippen LogP contribution in [-0.2, 0) is 0 Å². The third kappa shape index (κ3) is 3.95. The third-order valence-corrected chi connectivity index (χ3v) is 2.90. The lowest BCUT2D eigenvalue weighted by Gasteiger charge is -2.14. The van der Waals surface area contributed by atoms with Gasteiger partial charge in [-0.2, -0.15) is 0 Å². The van der Waals surface area contributed by atoms with E-state index in [0.29, 0.717) is 6.54 Å². The Morgan fingerprint density at radius 2 is 1.94 bits per heavy atom. The van der Waals surface area contributed by atoms with E-state index in [-0.39, 0.29) is 11.8 Å². The van der Waals surface area contributed by atoms with E-state index in [4.69, 9.17) is 5.11 Å². The summed E-state index contributed by atoms with van der Waals surface area (Å²) < 4.78 is 0. The number of aliphatic hydroxyl groups is 1. The van der Waals surface area contributed by atoms with Gasteiger partial charge in [0.2, 0.25) is 0 Å². The maximum absolute atomic E-state index is 12.1. The highest BCUT2D eigenvalue weighted by molar-refractivity contribution is 6.00. The summed E-state index contributed by atoms with van der Waals surface area (Å²) in [5.74, 6) is 0.0637. The summed E-state index contributed by atoms with van der Waals surface area (Å²) in [5.41, 5.74) is 3.03. The average molecular weight is 235 g/mol. The Morgan fingerprint density at radius 1 is 1.29 bits per heavy atom. The minimum absolute atomic E-state index is 0.0637. The Labute approximate surface area is 103 Å². The lowest BCUT2D eigenvalue weighted by molar-refractivity contribution is 0.0941. The van der Waals surface area contributed by atoms with Crippen molar-refractivity contribution in [3.8, 4) is 0 Å². The van der Waals surface area contributed by atoms with Crippen molar-refractivity contribution in [3.63, 3.8) is 0 Å². The molecule has 0 radical (unpaired) electrons. The Kier molecular flexibility index (Phi) is 4.85. The van der Waals surface area contributed by atoms with Crippen molar-refractivity contribution in [3.05, 3.63) is 34.9 Å². The maximum atomic E-state index is 12.1. The second kappa shape index (κ2) is 5.94. The number of carbonyl (C=O) groups is 1. The number of aryl methyl sites for hydroxylation is 2. The molecular weight excluding hydrogens is 214 g/mol. The fraction of sp³-hybridized carbons (Fsp3) is 0.500. The number of carbonyl (C=O) groups excluding carboxylic acids is 1. The van der Waals surface area contributed by atoms with E-state index < -0.39 is 6.10 Å². The van der Waals surface area contributed by atoms with Gasteiger partial charge in [-0.15, -0.1) is 0 Å². The van der Waals surface area contributed by atoms with Gasteiger partial charge in [-0.25, -0.2) is 0 Å². The molecule has 17 heavy (non-hydrogen) atoms. The van der Waals surface area contributed by atoms with Crippen LogP contribution in [0.3, 0.4) is 0 Å². The van der Waals surface area contributed by atoms with E-state index in [9.17, 15) is 4.79 Å². The molecule has 0 bridgehead atoms. The molecule has 0 saturated heterocycles. The number of hydrogen-bond donors (Lipinski definition) is 2. The van der Waals surface area contributed by atoms with E-state index >= 15 is 0 Å². The molecule has 0 aliphatic rings. The van der Waals surface area contributed by atoms with Crippen LogP contribution in [0.4, 0.5) is 0 Å². The highest BCUT2D eigenvalue weighted by Crippen LogP contribution is 2.11. The molecule has 1 rings (SSSR count). The van der Waals surface area contributed by atoms with E-state index in [1.807, 2.05) is 39.0 Å². The van der Waals surface area contributed by atoms with Gasteiger partial charge in [-0.05, 0) is 44.9 Å². The molecule has 3 nitrogen and oxygen atoms in total. The van der Waals surface area contributed by atoms with Crippen LogP contribution < -0.4 is 5.32 Å². The van der Waals surface area contributed by atoms with Crippen molar-refractivity contribution in [2.24, 2.45) is 0 Å². The number of Topliss-reactive ketones (excluding diaryl/α,β-unsaturated/α-hetero) is 1. The smallest absolute Gasteiger partial charge is 0.179 e. The van der Waals surface area contributed by atoms with Gasteiger partial charge in [-0.3, -0.25) is 4.79 Å². The molecule has 2 unspecified atom stereocenters. The largest absolute Gasteiger partial charge is 0.392 e. The average Bonchev–Trinajstić information content (AvgIpc) is 2.28. The zero-order chi connectivity index (χ0) is 13.0. The molecular formula is C14H21NO2. The van der Waals surface area contributed by atoms with Gasteiger partial charge < -0.3 is 10.4 Å². The number of hydrogen-bond acceptors (Lipinski definition) is 3. The van der Waals surface area contributed by atoms with Crippen molar-refractivity contribution in [2.75, 3.05) is 6.54 Å². The predicted octanol–water partition coefficient (Wildman–Crippen LogP) is 1.85. The molecule has 0 fully saturated rings. The summed E-state index contributed by atoms with van der Waals surface area (Å²) in [4.78, 5) is 12.1. The third-order valence-electron chi connectivity index (χ3n) is 2.90. The molecule has 0 aromatic heterocycles. The monoisotopic (exact) mass is 235 g/mol. The molecule has 0 spiro atoms. The molecule has 0 amide bonds. The highest BCUT2D eigenvalue weighted by Gasteiger charge is 2.15. The molecule has 0 saturated carbocycles. The molecule has 2 atom stereocenters. The second-order valence-corrected chi connectivity index (χ2v) is 4.64. The van der Waals surface area contributed by atoms with E-state index in [1.54, 1.807) is 6.92 Å². The first-order chi connectivity index (χ1) is 7.91. The van der Waals surface area contributed by atoms with Crippen molar-refractivity contribution in [1.29, 1.82) is 0 Å². The Hall–Kier alpha value is -1.19. The zero-order valence-electron chi connectivity index (χ0n) is 10.9. The van der Waals surface area contributed by atoms with E-state index in [0.717, 1.165) is 11.1 Å². The summed E-state index contributed by atoms with van der Waals surface area (Å²) in [6.07, 6.45) is -0.440. The lowest BCUT2D eigenvalue weighted by Crippen LogP contribution is -2.38. The topological polar surface area (TPSA) is 49.3 Å². The van der Waals surface area contributed by atoms with Crippen LogP contribution >= 0.6 is 0 Å². The molecule has 0 aliphatic carbocycles. The molecule has 0 heterocycles. The van der Waals surface area contributed by atoms with Gasteiger partial charge in [0.1, 0.15) is 0 Å². The van der Waals surface area contributed by atoms with Gasteiger partial charge in [0.25, 0.3) is 0 Å². The molecule has 3 heteroatoms. The Morgan fingerprint density at radius 3 is 2.47 bits per heavy atom. The van der Waals surface area contributed by atoms with Crippen LogP contribution in [0.25, 0.3) is 0 Å². The van der Waals surface area contributed by atoms with Gasteiger partial charge in [0.15, 0.2) is 5.78 Å². The zero-order valence-corrected chi connectivity index (χ0v) is 10.9. The number of rotatable bonds is 5. The van der Waals surface area contributed by atoms with Crippen molar-refractivity contribution >= 4 is 5.78 Å². The van der Waals surface area contributed by atoms with Gasteiger partial charge >= 0.3 is 0 Å². The molecule has 2 N–H and O–H groups in total. The minimum Gasteiger partial charge on any atom is -0.392 e. The van der Waals surface area contributed by atoms with E-state index in [2.05, 4.69) is 5.32 Å². The summed E-state index contributed by atoms with van der Waals surface area (Å²) >= 11 is 0. The van der Waals surface area contributed by atoms with Crippen molar-refractivity contribution in [1.82, 2.24) is 5.32 Å². The van der Waals surface area contributed by atoms with Crippen LogP contribution in [0.1, 0.15) is 35.3 Å². The normalized spacial score (nSPS) is 14.4. The summed E-state index contributed by atoms with van der Waals surface area (Å²) in [5, 5.41) is 12.2. The Bertz CT molecular complexity index is 399. The minimum atomic E-state index is -0.440. The van der Waals surface area contributed by atoms with E-state index in [1.165, 1.54) is 5.56 Å². The summed E-state index contributed by atoms with van der Waals surface area (Å²) in [6, 6.07) is 5.46. The van der Waals surface area contributed by atoms with Crippen LogP contribution in [-0.4, -0.2) is 29.6 Å². The first-order valence-electron chi connectivity index (χ1n) is 5.94. The van der Waals surface area contributed by atoms with Crippen molar-refractivity contribution < 1.29 is 9.90 Å². The summed E-state index contributed by atoms with van der Waals surface area (Å²) in [6.45, 7) is 7.97. The summed E-state index contributed by atoms with van der Waals surface area (Å²) in [7, 11) is 0. The lowest BCUT2D eigenvalue weighted by atomic mass is 10.0. The van der Waals surface area contributed by atoms with Crippen LogP contribution in [0.2, 0.25) is 0 Å². The number of nitrogens with one attached hydrogen (secondary N) is 1. The van der Waals surface area contributed by atoms with Gasteiger partial charge in [0, 0.05) is 12.1 Å². The number of ketones is 1. The van der Waals surface area contributed by atoms with Crippen molar-refractivity contribution in [2.45, 2.75) is 39.8 Å². The van der Waals surface area contributed by atoms with Crippen LogP contribution in [0.15, 0.2) is 18.2 Å². The van der Waals surface area contributed by atoms with Gasteiger partial charge in [-0.1, -0.05) is 12.1 Å². The molecule has 0 aliphatic heterocycles. The van der Waals surface area contributed by atoms with Gasteiger partial charge in [0.05, 0.1) is 12.1 Å². The number of aliphatic hydroxyl groups excluding tert-OH is 1. The fourth-order valence-electron chi connectivity index (χ4n) is 1.58. The van der Waals surface area contributed by atoms with Crippen LogP contribution in [0, 0.1) is 13.8 Å². The quantitative estimate of drug-likeness (QED) is 0.766.